The molecule has 1 atom stereocenters. The summed E-state index contributed by atoms with van der Waals surface area (Å²) in [4.78, 5) is 20.4. The molecule has 0 amide bonds. The molecule has 0 saturated heterocycles. The van der Waals surface area contributed by atoms with Gasteiger partial charge in [-0.1, -0.05) is 104 Å². The molecule has 0 aliphatic heterocycles. The first-order chi connectivity index (χ1) is 17.6. The van der Waals surface area contributed by atoms with Crippen LogP contribution in [0.15, 0.2) is 97.1 Å². The van der Waals surface area contributed by atoms with Crippen LogP contribution >= 0.6 is 0 Å². The third-order valence-corrected chi connectivity index (χ3v) is 5.49. The highest BCUT2D eigenvalue weighted by atomic mass is 16.5. The second-order valence-corrected chi connectivity index (χ2v) is 8.41. The summed E-state index contributed by atoms with van der Waals surface area (Å²) in [6.45, 7) is 1.54. The van der Waals surface area contributed by atoms with Crippen molar-refractivity contribution in [3.05, 3.63) is 114 Å². The zero-order chi connectivity index (χ0) is 26.0. The number of allylic oxidation sites excluding steroid dienone is 2. The molecule has 1 fully saturated rings. The van der Waals surface area contributed by atoms with Crippen molar-refractivity contribution in [2.45, 2.75) is 32.3 Å². The number of benzene rings is 3. The topological polar surface area (TPSA) is 52.6 Å². The minimum atomic E-state index is 0.0776. The summed E-state index contributed by atoms with van der Waals surface area (Å²) in [7, 11) is 3.49. The SMILES string of the molecule is CC(=O)/C=C/c1ccccc1.COc1ccccc1C(CC1CC1)OC.O=C/C=C/c1ccccc1. The van der Waals surface area contributed by atoms with Gasteiger partial charge >= 0.3 is 0 Å². The standard InChI is InChI=1S/C13H18O2.C10H10O.C9H8O/c1-14-12-6-4-3-5-11(12)13(15-2)9-10-7-8-10;1-9(11)7-8-10-5-3-2-4-6-10;10-8-4-7-9-5-2-1-3-6-9/h3-6,10,13H,7-9H2,1-2H3;2-8H,1H3;1-8H/b;8-7+;7-4+. The Hall–Kier alpha value is -3.76. The summed E-state index contributed by atoms with van der Waals surface area (Å²) in [5.41, 5.74) is 3.28. The molecule has 1 unspecified atom stereocenters. The second-order valence-electron chi connectivity index (χ2n) is 8.41. The van der Waals surface area contributed by atoms with Gasteiger partial charge in [-0.05, 0) is 48.6 Å². The molecule has 188 valence electrons. The highest BCUT2D eigenvalue weighted by Gasteiger charge is 2.27. The number of hydrogen-bond donors (Lipinski definition) is 0. The van der Waals surface area contributed by atoms with Crippen molar-refractivity contribution in [2.75, 3.05) is 14.2 Å². The molecule has 4 nitrogen and oxygen atoms in total. The molecular formula is C32H36O4. The van der Waals surface area contributed by atoms with Gasteiger partial charge in [0.2, 0.25) is 0 Å². The lowest BCUT2D eigenvalue weighted by atomic mass is 10.0. The maximum Gasteiger partial charge on any atom is 0.152 e. The van der Waals surface area contributed by atoms with Crippen molar-refractivity contribution >= 4 is 24.2 Å². The lowest BCUT2D eigenvalue weighted by Crippen LogP contribution is -2.04. The lowest BCUT2D eigenvalue weighted by molar-refractivity contribution is -0.112. The quantitative estimate of drug-likeness (QED) is 0.235. The molecule has 0 heterocycles. The largest absolute Gasteiger partial charge is 0.496 e. The second kappa shape index (κ2) is 16.8. The van der Waals surface area contributed by atoms with Crippen LogP contribution in [0.25, 0.3) is 12.2 Å². The Morgan fingerprint density at radius 2 is 1.42 bits per heavy atom. The maximum atomic E-state index is 10.5. The van der Waals surface area contributed by atoms with Crippen LogP contribution in [0.2, 0.25) is 0 Å². The van der Waals surface area contributed by atoms with Crippen molar-refractivity contribution in [1.29, 1.82) is 0 Å². The third-order valence-electron chi connectivity index (χ3n) is 5.49. The van der Waals surface area contributed by atoms with Crippen LogP contribution in [-0.4, -0.2) is 26.3 Å². The molecule has 0 radical (unpaired) electrons. The van der Waals surface area contributed by atoms with E-state index in [0.29, 0.717) is 0 Å². The lowest BCUT2D eigenvalue weighted by Gasteiger charge is -2.18. The van der Waals surface area contributed by atoms with Crippen LogP contribution in [0.3, 0.4) is 0 Å². The van der Waals surface area contributed by atoms with Gasteiger partial charge in [0.05, 0.1) is 13.2 Å². The predicted molar refractivity (Wildman–Crippen MR) is 148 cm³/mol. The molecule has 1 aliphatic rings. The van der Waals surface area contributed by atoms with Crippen molar-refractivity contribution in [2.24, 2.45) is 5.92 Å². The van der Waals surface area contributed by atoms with E-state index in [1.807, 2.05) is 84.9 Å². The Morgan fingerprint density at radius 3 is 1.92 bits per heavy atom. The van der Waals surface area contributed by atoms with Gasteiger partial charge in [0.1, 0.15) is 12.0 Å². The van der Waals surface area contributed by atoms with Crippen LogP contribution in [0.1, 0.15) is 49.0 Å². The highest BCUT2D eigenvalue weighted by molar-refractivity contribution is 5.91. The molecule has 4 rings (SSSR count). The Morgan fingerprint density at radius 1 is 0.861 bits per heavy atom. The molecule has 1 saturated carbocycles. The van der Waals surface area contributed by atoms with E-state index in [2.05, 4.69) is 6.07 Å². The number of aldehydes is 1. The van der Waals surface area contributed by atoms with Gasteiger partial charge in [-0.2, -0.15) is 0 Å². The van der Waals surface area contributed by atoms with Gasteiger partial charge in [0.15, 0.2) is 5.78 Å². The zero-order valence-corrected chi connectivity index (χ0v) is 21.4. The minimum Gasteiger partial charge on any atom is -0.496 e. The summed E-state index contributed by atoms with van der Waals surface area (Å²) in [5.74, 6) is 1.87. The molecule has 0 N–H and O–H groups in total. The number of ketones is 1. The normalized spacial score (nSPS) is 13.2. The fraction of sp³-hybridized carbons (Fsp3) is 0.250. The molecule has 3 aromatic carbocycles. The van der Waals surface area contributed by atoms with Crippen molar-refractivity contribution in [1.82, 2.24) is 0 Å². The van der Waals surface area contributed by atoms with E-state index in [-0.39, 0.29) is 11.9 Å². The Bertz CT molecular complexity index is 1080. The minimum absolute atomic E-state index is 0.0776. The number of rotatable bonds is 9. The average molecular weight is 485 g/mol. The number of para-hydroxylation sites is 1. The molecule has 0 aromatic heterocycles. The van der Waals surface area contributed by atoms with Crippen LogP contribution in [-0.2, 0) is 14.3 Å². The molecule has 0 bridgehead atoms. The van der Waals surface area contributed by atoms with Crippen molar-refractivity contribution in [3.8, 4) is 5.75 Å². The smallest absolute Gasteiger partial charge is 0.152 e. The fourth-order valence-electron chi connectivity index (χ4n) is 3.43. The van der Waals surface area contributed by atoms with Crippen molar-refractivity contribution in [3.63, 3.8) is 0 Å². The molecule has 1 aliphatic carbocycles. The van der Waals surface area contributed by atoms with Crippen LogP contribution in [0, 0.1) is 5.92 Å². The summed E-state index contributed by atoms with van der Waals surface area (Å²) >= 11 is 0. The predicted octanol–water partition coefficient (Wildman–Crippen LogP) is 7.37. The Balaban J connectivity index is 0.000000196. The first-order valence-electron chi connectivity index (χ1n) is 12.1. The highest BCUT2D eigenvalue weighted by Crippen LogP contribution is 2.40. The molecule has 36 heavy (non-hydrogen) atoms. The van der Waals surface area contributed by atoms with E-state index in [0.717, 1.165) is 35.5 Å². The Kier molecular flexibility index (Phi) is 13.3. The van der Waals surface area contributed by atoms with Gasteiger partial charge in [-0.3, -0.25) is 9.59 Å². The summed E-state index contributed by atoms with van der Waals surface area (Å²) in [5, 5.41) is 0. The zero-order valence-electron chi connectivity index (χ0n) is 21.4. The summed E-state index contributed by atoms with van der Waals surface area (Å²) in [6, 6.07) is 27.6. The van der Waals surface area contributed by atoms with Gasteiger partial charge < -0.3 is 9.47 Å². The Labute approximate surface area is 215 Å². The van der Waals surface area contributed by atoms with E-state index in [9.17, 15) is 9.59 Å². The van der Waals surface area contributed by atoms with Crippen LogP contribution in [0.5, 0.6) is 5.75 Å². The molecule has 0 spiro atoms. The van der Waals surface area contributed by atoms with E-state index >= 15 is 0 Å². The number of ether oxygens (including phenoxy) is 2. The molecular weight excluding hydrogens is 448 g/mol. The van der Waals surface area contributed by atoms with E-state index in [4.69, 9.17) is 9.47 Å². The number of carbonyl (C=O) groups excluding carboxylic acids is 2. The van der Waals surface area contributed by atoms with E-state index in [1.165, 1.54) is 24.5 Å². The number of hydrogen-bond acceptors (Lipinski definition) is 4. The van der Waals surface area contributed by atoms with Gasteiger partial charge in [-0.25, -0.2) is 0 Å². The van der Waals surface area contributed by atoms with Gasteiger partial charge in [0.25, 0.3) is 0 Å². The van der Waals surface area contributed by atoms with Gasteiger partial charge in [-0.15, -0.1) is 0 Å². The van der Waals surface area contributed by atoms with E-state index in [1.54, 1.807) is 33.3 Å². The summed E-state index contributed by atoms with van der Waals surface area (Å²) in [6.07, 6.45) is 11.4. The monoisotopic (exact) mass is 484 g/mol. The third kappa shape index (κ3) is 11.6. The molecule has 4 heteroatoms. The van der Waals surface area contributed by atoms with Crippen LogP contribution in [0.4, 0.5) is 0 Å². The number of carbonyl (C=O) groups is 2. The number of methoxy groups -OCH3 is 2. The maximum absolute atomic E-state index is 10.5. The summed E-state index contributed by atoms with van der Waals surface area (Å²) < 4.78 is 10.9. The average Bonchev–Trinajstić information content (AvgIpc) is 3.75. The fourth-order valence-corrected chi connectivity index (χ4v) is 3.43. The van der Waals surface area contributed by atoms with Crippen LogP contribution < -0.4 is 4.74 Å². The molecule has 3 aromatic rings. The van der Waals surface area contributed by atoms with Crippen molar-refractivity contribution < 1.29 is 19.1 Å². The first-order valence-corrected chi connectivity index (χ1v) is 12.1. The van der Waals surface area contributed by atoms with Gasteiger partial charge in [0, 0.05) is 12.7 Å². The first kappa shape index (κ1) is 28.5. The van der Waals surface area contributed by atoms with E-state index < -0.39 is 0 Å².